The Morgan fingerprint density at radius 3 is 2.86 bits per heavy atom. The number of nitrogens with zero attached hydrogens (tertiary/aromatic N) is 3. The number of aromatic nitrogens is 3. The van der Waals surface area contributed by atoms with E-state index in [0.29, 0.717) is 11.0 Å². The molecule has 1 aromatic carbocycles. The van der Waals surface area contributed by atoms with Gasteiger partial charge in [-0.15, -0.1) is 10.2 Å². The van der Waals surface area contributed by atoms with Gasteiger partial charge in [0.25, 0.3) is 16.7 Å². The molecule has 0 bridgehead atoms. The first-order valence-corrected chi connectivity index (χ1v) is 7.49. The van der Waals surface area contributed by atoms with Gasteiger partial charge in [0.1, 0.15) is 5.82 Å². The highest BCUT2D eigenvalue weighted by Gasteiger charge is 2.12. The Hall–Kier alpha value is -2.41. The van der Waals surface area contributed by atoms with E-state index in [9.17, 15) is 9.18 Å². The summed E-state index contributed by atoms with van der Waals surface area (Å²) in [6.45, 7) is 0. The maximum atomic E-state index is 13.6. The van der Waals surface area contributed by atoms with Crippen molar-refractivity contribution in [3.05, 3.63) is 64.3 Å². The van der Waals surface area contributed by atoms with Gasteiger partial charge in [-0.05, 0) is 23.8 Å². The molecule has 0 spiro atoms. The number of aryl methyl sites for hydroxylation is 1. The minimum Gasteiger partial charge on any atom is -0.411 e. The average Bonchev–Trinajstić information content (AvgIpc) is 2.98. The third-order valence-electron chi connectivity index (χ3n) is 3.04. The number of pyridine rings is 1. The predicted molar refractivity (Wildman–Crippen MR) is 80.9 cm³/mol. The van der Waals surface area contributed by atoms with Gasteiger partial charge in [0.15, 0.2) is 0 Å². The van der Waals surface area contributed by atoms with E-state index >= 15 is 0 Å². The molecule has 0 unspecified atom stereocenters. The molecule has 0 fully saturated rings. The molecule has 0 radical (unpaired) electrons. The van der Waals surface area contributed by atoms with Gasteiger partial charge in [0.05, 0.1) is 5.56 Å². The molecule has 112 valence electrons. The summed E-state index contributed by atoms with van der Waals surface area (Å²) < 4.78 is 20.6. The van der Waals surface area contributed by atoms with Crippen LogP contribution >= 0.6 is 11.8 Å². The fraction of sp³-hybridized carbons (Fsp3) is 0.133. The number of hydrogen-bond acceptors (Lipinski definition) is 5. The van der Waals surface area contributed by atoms with Crippen LogP contribution in [0.1, 0.15) is 5.56 Å². The van der Waals surface area contributed by atoms with Crippen molar-refractivity contribution in [3.8, 4) is 11.5 Å². The van der Waals surface area contributed by atoms with E-state index in [0.717, 1.165) is 5.56 Å². The van der Waals surface area contributed by atoms with Crippen LogP contribution in [0.2, 0.25) is 0 Å². The molecular weight excluding hydrogens is 305 g/mol. The van der Waals surface area contributed by atoms with E-state index in [1.807, 2.05) is 6.07 Å². The van der Waals surface area contributed by atoms with Crippen LogP contribution in [0.4, 0.5) is 4.39 Å². The summed E-state index contributed by atoms with van der Waals surface area (Å²) in [5.74, 6) is 0.258. The molecule has 5 nitrogen and oxygen atoms in total. The summed E-state index contributed by atoms with van der Waals surface area (Å²) in [6, 6.07) is 9.63. The molecule has 22 heavy (non-hydrogen) atoms. The number of rotatable bonds is 4. The van der Waals surface area contributed by atoms with Gasteiger partial charge in [0.2, 0.25) is 0 Å². The van der Waals surface area contributed by atoms with E-state index in [1.54, 1.807) is 37.5 Å². The van der Waals surface area contributed by atoms with E-state index in [2.05, 4.69) is 10.2 Å². The Bertz CT molecular complexity index is 860. The number of hydrogen-bond donors (Lipinski definition) is 0. The number of benzene rings is 1. The fourth-order valence-corrected chi connectivity index (χ4v) is 2.54. The molecule has 0 saturated heterocycles. The van der Waals surface area contributed by atoms with Crippen LogP contribution in [-0.4, -0.2) is 14.8 Å². The van der Waals surface area contributed by atoms with Gasteiger partial charge >= 0.3 is 0 Å². The number of thioether (sulfide) groups is 1. The van der Waals surface area contributed by atoms with Crippen molar-refractivity contribution in [3.63, 3.8) is 0 Å². The summed E-state index contributed by atoms with van der Waals surface area (Å²) >= 11 is 1.30. The van der Waals surface area contributed by atoms with Crippen LogP contribution in [0, 0.1) is 5.82 Å². The quantitative estimate of drug-likeness (QED) is 0.692. The zero-order chi connectivity index (χ0) is 15.5. The van der Waals surface area contributed by atoms with Gasteiger partial charge < -0.3 is 8.98 Å². The van der Waals surface area contributed by atoms with Crippen LogP contribution in [0.15, 0.2) is 57.0 Å². The van der Waals surface area contributed by atoms with Gasteiger partial charge in [-0.25, -0.2) is 4.39 Å². The van der Waals surface area contributed by atoms with Gasteiger partial charge in [-0.2, -0.15) is 0 Å². The summed E-state index contributed by atoms with van der Waals surface area (Å²) in [4.78, 5) is 11.5. The first kappa shape index (κ1) is 14.5. The highest BCUT2D eigenvalue weighted by Crippen LogP contribution is 2.26. The monoisotopic (exact) mass is 317 g/mol. The van der Waals surface area contributed by atoms with E-state index < -0.39 is 5.82 Å². The molecule has 7 heteroatoms. The van der Waals surface area contributed by atoms with Crippen LogP contribution < -0.4 is 5.56 Å². The smallest absolute Gasteiger partial charge is 0.277 e. The highest BCUT2D eigenvalue weighted by molar-refractivity contribution is 7.98. The van der Waals surface area contributed by atoms with Crippen molar-refractivity contribution in [2.45, 2.75) is 11.0 Å². The Morgan fingerprint density at radius 1 is 1.27 bits per heavy atom. The SMILES string of the molecule is Cn1ccc(CSc2nnc(-c3ccccc3F)o2)cc1=O. The maximum Gasteiger partial charge on any atom is 0.277 e. The Balaban J connectivity index is 1.73. The lowest BCUT2D eigenvalue weighted by Crippen LogP contribution is -2.14. The summed E-state index contributed by atoms with van der Waals surface area (Å²) in [6.07, 6.45) is 1.71. The minimum atomic E-state index is -0.408. The Morgan fingerprint density at radius 2 is 2.09 bits per heavy atom. The van der Waals surface area contributed by atoms with E-state index in [4.69, 9.17) is 4.42 Å². The second-order valence-corrected chi connectivity index (χ2v) is 5.55. The number of halogens is 1. The molecule has 2 aromatic heterocycles. The van der Waals surface area contributed by atoms with Crippen molar-refractivity contribution in [1.82, 2.24) is 14.8 Å². The largest absolute Gasteiger partial charge is 0.411 e. The van der Waals surface area contributed by atoms with Crippen molar-refractivity contribution in [1.29, 1.82) is 0 Å². The Labute approximate surface area is 129 Å². The molecule has 0 aliphatic carbocycles. The average molecular weight is 317 g/mol. The van der Waals surface area contributed by atoms with Crippen LogP contribution in [0.25, 0.3) is 11.5 Å². The molecule has 0 aliphatic rings. The minimum absolute atomic E-state index is 0.0734. The second-order valence-electron chi connectivity index (χ2n) is 4.63. The summed E-state index contributed by atoms with van der Waals surface area (Å²) in [5, 5.41) is 8.07. The first-order chi connectivity index (χ1) is 10.6. The third-order valence-corrected chi connectivity index (χ3v) is 3.93. The lowest BCUT2D eigenvalue weighted by molar-refractivity contribution is 0.463. The fourth-order valence-electron chi connectivity index (χ4n) is 1.84. The normalized spacial score (nSPS) is 10.8. The summed E-state index contributed by atoms with van der Waals surface area (Å²) in [5.41, 5.74) is 1.06. The second kappa shape index (κ2) is 6.15. The van der Waals surface area contributed by atoms with E-state index in [1.165, 1.54) is 22.4 Å². The zero-order valence-corrected chi connectivity index (χ0v) is 12.5. The molecule has 3 aromatic rings. The Kier molecular flexibility index (Phi) is 4.06. The van der Waals surface area contributed by atoms with Crippen molar-refractivity contribution in [2.24, 2.45) is 7.05 Å². The zero-order valence-electron chi connectivity index (χ0n) is 11.7. The van der Waals surface area contributed by atoms with Crippen LogP contribution in [0.3, 0.4) is 0 Å². The molecule has 0 aliphatic heterocycles. The van der Waals surface area contributed by atoms with Gasteiger partial charge in [0, 0.05) is 25.1 Å². The highest BCUT2D eigenvalue weighted by atomic mass is 32.2. The van der Waals surface area contributed by atoms with Gasteiger partial charge in [-0.1, -0.05) is 23.9 Å². The molecule has 2 heterocycles. The molecule has 3 rings (SSSR count). The molecule has 0 atom stereocenters. The van der Waals surface area contributed by atoms with Crippen molar-refractivity contribution < 1.29 is 8.81 Å². The maximum absolute atomic E-state index is 13.6. The van der Waals surface area contributed by atoms with E-state index in [-0.39, 0.29) is 17.0 Å². The van der Waals surface area contributed by atoms with Crippen molar-refractivity contribution >= 4 is 11.8 Å². The first-order valence-electron chi connectivity index (χ1n) is 6.50. The van der Waals surface area contributed by atoms with Crippen molar-refractivity contribution in [2.75, 3.05) is 0 Å². The molecule has 0 saturated carbocycles. The molecule has 0 N–H and O–H groups in total. The van der Waals surface area contributed by atoms with Crippen LogP contribution in [0.5, 0.6) is 0 Å². The standard InChI is InChI=1S/C15H12FN3O2S/c1-19-7-6-10(8-13(19)20)9-22-15-18-17-14(21-15)11-4-2-3-5-12(11)16/h2-8H,9H2,1H3. The van der Waals surface area contributed by atoms with Gasteiger partial charge in [-0.3, -0.25) is 4.79 Å². The third kappa shape index (κ3) is 3.09. The van der Waals surface area contributed by atoms with Crippen LogP contribution in [-0.2, 0) is 12.8 Å². The predicted octanol–water partition coefficient (Wildman–Crippen LogP) is 2.87. The summed E-state index contributed by atoms with van der Waals surface area (Å²) in [7, 11) is 1.69. The molecular formula is C15H12FN3O2S. The topological polar surface area (TPSA) is 60.9 Å². The lowest BCUT2D eigenvalue weighted by atomic mass is 10.2. The molecule has 0 amide bonds. The lowest BCUT2D eigenvalue weighted by Gasteiger charge is -2.00.